The summed E-state index contributed by atoms with van der Waals surface area (Å²) in [5.41, 5.74) is -0.0477. The molecule has 1 fully saturated rings. The fraction of sp³-hybridized carbons (Fsp3) is 0.417. The standard InChI is InChI=1S/C12H13F2NO5S/c13-12(14)21(18,19)10-4-2-1-3-8(10)15-5-6-20-7-9(15)11(16)17/h1-4,9,12H,5-7H2,(H,16,17). The molecule has 1 aliphatic rings. The number of carboxylic acids is 1. The van der Waals surface area contributed by atoms with E-state index < -0.39 is 32.5 Å². The zero-order chi connectivity index (χ0) is 15.6. The average Bonchev–Trinajstić information content (AvgIpc) is 2.47. The molecule has 21 heavy (non-hydrogen) atoms. The van der Waals surface area contributed by atoms with Gasteiger partial charge in [0.15, 0.2) is 6.04 Å². The van der Waals surface area contributed by atoms with Gasteiger partial charge in [-0.05, 0) is 12.1 Å². The van der Waals surface area contributed by atoms with E-state index in [1.54, 1.807) is 0 Å². The molecule has 0 aliphatic carbocycles. The number of benzene rings is 1. The van der Waals surface area contributed by atoms with E-state index in [0.717, 1.165) is 6.07 Å². The predicted molar refractivity (Wildman–Crippen MR) is 69.2 cm³/mol. The topological polar surface area (TPSA) is 83.9 Å². The molecule has 2 rings (SSSR count). The first kappa shape index (κ1) is 15.6. The van der Waals surface area contributed by atoms with Crippen LogP contribution in [0.2, 0.25) is 0 Å². The molecular weight excluding hydrogens is 308 g/mol. The minimum atomic E-state index is -4.81. The minimum absolute atomic E-state index is 0.0477. The van der Waals surface area contributed by atoms with Gasteiger partial charge in [0.05, 0.1) is 23.8 Å². The summed E-state index contributed by atoms with van der Waals surface area (Å²) in [6, 6.07) is 4.03. The molecule has 6 nitrogen and oxygen atoms in total. The Hall–Kier alpha value is -1.74. The van der Waals surface area contributed by atoms with Crippen molar-refractivity contribution in [1.29, 1.82) is 0 Å². The maximum absolute atomic E-state index is 12.8. The fourth-order valence-corrected chi connectivity index (χ4v) is 3.06. The van der Waals surface area contributed by atoms with Gasteiger partial charge in [-0.25, -0.2) is 13.2 Å². The number of hydrogen-bond donors (Lipinski definition) is 1. The number of hydrogen-bond acceptors (Lipinski definition) is 5. The fourth-order valence-electron chi connectivity index (χ4n) is 2.13. The van der Waals surface area contributed by atoms with Crippen molar-refractivity contribution < 1.29 is 31.8 Å². The highest BCUT2D eigenvalue weighted by Crippen LogP contribution is 2.31. The Morgan fingerprint density at radius 3 is 2.67 bits per heavy atom. The molecule has 9 heteroatoms. The molecule has 0 amide bonds. The van der Waals surface area contributed by atoms with Crippen molar-refractivity contribution in [3.8, 4) is 0 Å². The van der Waals surface area contributed by atoms with Gasteiger partial charge < -0.3 is 14.7 Å². The summed E-state index contributed by atoms with van der Waals surface area (Å²) in [6.07, 6.45) is 0. The van der Waals surface area contributed by atoms with E-state index in [-0.39, 0.29) is 25.4 Å². The van der Waals surface area contributed by atoms with Crippen LogP contribution < -0.4 is 4.90 Å². The molecule has 1 heterocycles. The smallest absolute Gasteiger partial charge is 0.341 e. The number of ether oxygens (including phenoxy) is 1. The van der Waals surface area contributed by atoms with Crippen LogP contribution in [0.5, 0.6) is 0 Å². The lowest BCUT2D eigenvalue weighted by Gasteiger charge is -2.35. The minimum Gasteiger partial charge on any atom is -0.480 e. The third kappa shape index (κ3) is 2.98. The summed E-state index contributed by atoms with van der Waals surface area (Å²) in [5.74, 6) is -4.78. The van der Waals surface area contributed by atoms with Crippen molar-refractivity contribution in [3.05, 3.63) is 24.3 Å². The first-order valence-corrected chi connectivity index (χ1v) is 7.58. The van der Waals surface area contributed by atoms with Gasteiger partial charge in [0, 0.05) is 6.54 Å². The molecule has 1 unspecified atom stereocenters. The predicted octanol–water partition coefficient (Wildman–Crippen LogP) is 0.973. The van der Waals surface area contributed by atoms with Crippen LogP contribution in [0.4, 0.5) is 14.5 Å². The van der Waals surface area contributed by atoms with Crippen molar-refractivity contribution in [2.45, 2.75) is 16.7 Å². The van der Waals surface area contributed by atoms with Crippen LogP contribution in [-0.2, 0) is 19.4 Å². The molecule has 1 aliphatic heterocycles. The highest BCUT2D eigenvalue weighted by molar-refractivity contribution is 7.91. The first-order valence-electron chi connectivity index (χ1n) is 6.04. The highest BCUT2D eigenvalue weighted by atomic mass is 32.2. The Morgan fingerprint density at radius 2 is 2.05 bits per heavy atom. The number of sulfone groups is 1. The second-order valence-corrected chi connectivity index (χ2v) is 6.28. The molecule has 0 bridgehead atoms. The molecule has 0 saturated carbocycles. The molecule has 116 valence electrons. The number of carboxylic acid groups (broad SMARTS) is 1. The van der Waals surface area contributed by atoms with Crippen molar-refractivity contribution in [2.75, 3.05) is 24.7 Å². The third-order valence-electron chi connectivity index (χ3n) is 3.13. The monoisotopic (exact) mass is 321 g/mol. The molecule has 1 N–H and O–H groups in total. The SMILES string of the molecule is O=C(O)C1COCCN1c1ccccc1S(=O)(=O)C(F)F. The van der Waals surface area contributed by atoms with Crippen LogP contribution in [0.1, 0.15) is 0 Å². The van der Waals surface area contributed by atoms with Gasteiger partial charge in [0.2, 0.25) is 9.84 Å². The van der Waals surface area contributed by atoms with E-state index in [0.29, 0.717) is 0 Å². The average molecular weight is 321 g/mol. The molecule has 0 spiro atoms. The van der Waals surface area contributed by atoms with E-state index in [9.17, 15) is 22.0 Å². The molecule has 0 radical (unpaired) electrons. The van der Waals surface area contributed by atoms with Crippen LogP contribution in [0.25, 0.3) is 0 Å². The number of anilines is 1. The van der Waals surface area contributed by atoms with Crippen molar-refractivity contribution >= 4 is 21.5 Å². The summed E-state index contributed by atoms with van der Waals surface area (Å²) in [4.78, 5) is 11.9. The maximum atomic E-state index is 12.8. The second kappa shape index (κ2) is 5.94. The van der Waals surface area contributed by atoms with Crippen LogP contribution in [-0.4, -0.2) is 51.1 Å². The number of halogens is 2. The van der Waals surface area contributed by atoms with Gasteiger partial charge in [-0.3, -0.25) is 0 Å². The maximum Gasteiger partial charge on any atom is 0.341 e. The van der Waals surface area contributed by atoms with Gasteiger partial charge in [0.1, 0.15) is 0 Å². The highest BCUT2D eigenvalue weighted by Gasteiger charge is 2.35. The molecule has 1 atom stereocenters. The zero-order valence-electron chi connectivity index (χ0n) is 10.8. The lowest BCUT2D eigenvalue weighted by atomic mass is 10.2. The van der Waals surface area contributed by atoms with Crippen LogP contribution in [0.3, 0.4) is 0 Å². The molecule has 0 aromatic heterocycles. The van der Waals surface area contributed by atoms with Gasteiger partial charge in [-0.2, -0.15) is 8.78 Å². The van der Waals surface area contributed by atoms with Gasteiger partial charge in [-0.15, -0.1) is 0 Å². The van der Waals surface area contributed by atoms with E-state index in [2.05, 4.69) is 0 Å². The Labute approximate surface area is 119 Å². The lowest BCUT2D eigenvalue weighted by Crippen LogP contribution is -2.50. The van der Waals surface area contributed by atoms with Gasteiger partial charge in [0.25, 0.3) is 0 Å². The van der Waals surface area contributed by atoms with E-state index in [1.807, 2.05) is 0 Å². The van der Waals surface area contributed by atoms with Crippen molar-refractivity contribution in [1.82, 2.24) is 0 Å². The first-order chi connectivity index (χ1) is 9.85. The lowest BCUT2D eigenvalue weighted by molar-refractivity contribution is -0.141. The second-order valence-electron chi connectivity index (χ2n) is 4.40. The summed E-state index contributed by atoms with van der Waals surface area (Å²) >= 11 is 0. The van der Waals surface area contributed by atoms with Gasteiger partial charge in [-0.1, -0.05) is 12.1 Å². The number of morpholine rings is 1. The third-order valence-corrected chi connectivity index (χ3v) is 4.56. The Bertz CT molecular complexity index is 634. The Kier molecular flexibility index (Phi) is 4.43. The van der Waals surface area contributed by atoms with Gasteiger partial charge >= 0.3 is 11.7 Å². The number of alkyl halides is 2. The van der Waals surface area contributed by atoms with E-state index in [1.165, 1.54) is 23.1 Å². The molecule has 1 aromatic carbocycles. The molecule has 1 aromatic rings. The van der Waals surface area contributed by atoms with E-state index in [4.69, 9.17) is 9.84 Å². The summed E-state index contributed by atoms with van der Waals surface area (Å²) in [7, 11) is -4.81. The van der Waals surface area contributed by atoms with Crippen LogP contribution >= 0.6 is 0 Å². The number of nitrogens with zero attached hydrogens (tertiary/aromatic N) is 1. The summed E-state index contributed by atoms with van der Waals surface area (Å²) in [5, 5.41) is 9.15. The van der Waals surface area contributed by atoms with E-state index >= 15 is 0 Å². The van der Waals surface area contributed by atoms with Crippen molar-refractivity contribution in [2.24, 2.45) is 0 Å². The summed E-state index contributed by atoms with van der Waals surface area (Å²) in [6.45, 7) is 0.151. The normalized spacial score (nSPS) is 19.8. The van der Waals surface area contributed by atoms with Crippen LogP contribution in [0.15, 0.2) is 29.2 Å². The van der Waals surface area contributed by atoms with Crippen molar-refractivity contribution in [3.63, 3.8) is 0 Å². The number of para-hydroxylation sites is 1. The largest absolute Gasteiger partial charge is 0.480 e. The Morgan fingerprint density at radius 1 is 1.38 bits per heavy atom. The quantitative estimate of drug-likeness (QED) is 0.890. The molecular formula is C12H13F2NO5S. The van der Waals surface area contributed by atoms with Crippen LogP contribution in [0, 0.1) is 0 Å². The molecule has 1 saturated heterocycles. The summed E-state index contributed by atoms with van der Waals surface area (Å²) < 4.78 is 54.0. The number of aliphatic carboxylic acids is 1. The number of carbonyl (C=O) groups is 1. The Balaban J connectivity index is 2.51. The zero-order valence-corrected chi connectivity index (χ0v) is 11.6. The number of rotatable bonds is 4.